The molecular weight excluding hydrogens is 230 g/mol. The number of nitrogens with zero attached hydrogens (tertiary/aromatic N) is 2. The normalized spacial score (nSPS) is 18.5. The minimum absolute atomic E-state index is 0.0763. The van der Waals surface area contributed by atoms with Crippen molar-refractivity contribution >= 4 is 11.7 Å². The second-order valence-electron chi connectivity index (χ2n) is 5.12. The van der Waals surface area contributed by atoms with Gasteiger partial charge in [0.05, 0.1) is 7.11 Å². The number of rotatable bonds is 2. The summed E-state index contributed by atoms with van der Waals surface area (Å²) in [6.07, 6.45) is 1.65. The largest absolute Gasteiger partial charge is 0.464 e. The summed E-state index contributed by atoms with van der Waals surface area (Å²) in [6, 6.07) is 3.71. The Kier molecular flexibility index (Phi) is 3.52. The third-order valence-electron chi connectivity index (χ3n) is 3.07. The highest BCUT2D eigenvalue weighted by Gasteiger charge is 2.26. The number of anilines is 1. The summed E-state index contributed by atoms with van der Waals surface area (Å²) in [6.45, 7) is 7.09. The molecule has 0 atom stereocenters. The van der Waals surface area contributed by atoms with Crippen LogP contribution < -0.4 is 10.2 Å². The number of piperazine rings is 1. The summed E-state index contributed by atoms with van der Waals surface area (Å²) in [5.74, 6) is -0.397. The van der Waals surface area contributed by atoms with Gasteiger partial charge >= 0.3 is 5.97 Å². The zero-order valence-electron chi connectivity index (χ0n) is 11.1. The van der Waals surface area contributed by atoms with E-state index in [-0.39, 0.29) is 5.54 Å². The lowest BCUT2D eigenvalue weighted by molar-refractivity contribution is 0.0594. The van der Waals surface area contributed by atoms with Gasteiger partial charge in [0.2, 0.25) is 0 Å². The summed E-state index contributed by atoms with van der Waals surface area (Å²) in [5, 5.41) is 3.46. The number of carbonyl (C=O) groups is 1. The number of hydrogen-bond donors (Lipinski definition) is 1. The van der Waals surface area contributed by atoms with Crippen LogP contribution in [0.3, 0.4) is 0 Å². The van der Waals surface area contributed by atoms with Crippen LogP contribution in [0.5, 0.6) is 0 Å². The first-order valence-corrected chi connectivity index (χ1v) is 6.06. The Bertz CT molecular complexity index is 446. The molecule has 1 N–H and O–H groups in total. The van der Waals surface area contributed by atoms with E-state index in [1.807, 2.05) is 6.07 Å². The van der Waals surface area contributed by atoms with E-state index in [1.165, 1.54) is 7.11 Å². The molecule has 0 unspecified atom stereocenters. The van der Waals surface area contributed by atoms with Crippen LogP contribution >= 0.6 is 0 Å². The van der Waals surface area contributed by atoms with Gasteiger partial charge < -0.3 is 15.0 Å². The van der Waals surface area contributed by atoms with Crippen molar-refractivity contribution in [3.05, 3.63) is 24.0 Å². The molecule has 1 aromatic heterocycles. The quantitative estimate of drug-likeness (QED) is 0.794. The van der Waals surface area contributed by atoms with Gasteiger partial charge in [-0.3, -0.25) is 0 Å². The summed E-state index contributed by atoms with van der Waals surface area (Å²) in [4.78, 5) is 17.7. The van der Waals surface area contributed by atoms with Gasteiger partial charge in [-0.05, 0) is 26.0 Å². The summed E-state index contributed by atoms with van der Waals surface area (Å²) < 4.78 is 4.69. The highest BCUT2D eigenvalue weighted by Crippen LogP contribution is 2.20. The molecule has 0 aromatic carbocycles. The molecule has 5 nitrogen and oxygen atoms in total. The smallest absolute Gasteiger partial charge is 0.356 e. The summed E-state index contributed by atoms with van der Waals surface area (Å²) in [7, 11) is 1.37. The van der Waals surface area contributed by atoms with Crippen LogP contribution in [0.25, 0.3) is 0 Å². The van der Waals surface area contributed by atoms with Gasteiger partial charge in [-0.15, -0.1) is 0 Å². The second-order valence-corrected chi connectivity index (χ2v) is 5.12. The molecule has 5 heteroatoms. The standard InChI is InChI=1S/C13H19N3O2/c1-13(2)9-16(7-6-15-13)10-4-5-14-11(8-10)12(17)18-3/h4-5,8,15H,6-7,9H2,1-3H3. The maximum absolute atomic E-state index is 11.5. The van der Waals surface area contributed by atoms with Crippen LogP contribution in [0.1, 0.15) is 24.3 Å². The van der Waals surface area contributed by atoms with Gasteiger partial charge in [-0.2, -0.15) is 0 Å². The average Bonchev–Trinajstić information content (AvgIpc) is 2.37. The van der Waals surface area contributed by atoms with Crippen molar-refractivity contribution in [2.45, 2.75) is 19.4 Å². The minimum Gasteiger partial charge on any atom is -0.464 e. The van der Waals surface area contributed by atoms with E-state index in [0.717, 1.165) is 25.3 Å². The molecule has 0 amide bonds. The number of pyridine rings is 1. The number of methoxy groups -OCH3 is 1. The van der Waals surface area contributed by atoms with Gasteiger partial charge in [0, 0.05) is 37.1 Å². The molecule has 98 valence electrons. The highest BCUT2D eigenvalue weighted by molar-refractivity contribution is 5.88. The lowest BCUT2D eigenvalue weighted by Crippen LogP contribution is -2.57. The van der Waals surface area contributed by atoms with E-state index in [4.69, 9.17) is 0 Å². The Balaban J connectivity index is 2.20. The van der Waals surface area contributed by atoms with Crippen LogP contribution in [-0.4, -0.2) is 43.2 Å². The van der Waals surface area contributed by atoms with Crippen LogP contribution in [0.4, 0.5) is 5.69 Å². The first-order chi connectivity index (χ1) is 8.52. The van der Waals surface area contributed by atoms with E-state index in [2.05, 4.69) is 33.8 Å². The molecular formula is C13H19N3O2. The van der Waals surface area contributed by atoms with Crippen molar-refractivity contribution in [2.24, 2.45) is 0 Å². The van der Waals surface area contributed by atoms with E-state index in [0.29, 0.717) is 5.69 Å². The molecule has 1 fully saturated rings. The lowest BCUT2D eigenvalue weighted by atomic mass is 10.0. The SMILES string of the molecule is COC(=O)c1cc(N2CCNC(C)(C)C2)ccn1. The van der Waals surface area contributed by atoms with Crippen molar-refractivity contribution in [3.8, 4) is 0 Å². The number of ether oxygens (including phenoxy) is 1. The van der Waals surface area contributed by atoms with Crippen molar-refractivity contribution in [2.75, 3.05) is 31.6 Å². The van der Waals surface area contributed by atoms with Crippen molar-refractivity contribution in [1.29, 1.82) is 0 Å². The Morgan fingerprint density at radius 2 is 2.33 bits per heavy atom. The van der Waals surface area contributed by atoms with Crippen molar-refractivity contribution in [3.63, 3.8) is 0 Å². The molecule has 0 saturated carbocycles. The predicted molar refractivity (Wildman–Crippen MR) is 69.9 cm³/mol. The first kappa shape index (κ1) is 12.8. The number of esters is 1. The van der Waals surface area contributed by atoms with Gasteiger partial charge in [0.15, 0.2) is 0 Å². The number of hydrogen-bond acceptors (Lipinski definition) is 5. The van der Waals surface area contributed by atoms with Crippen molar-refractivity contribution < 1.29 is 9.53 Å². The van der Waals surface area contributed by atoms with Gasteiger partial charge in [0.25, 0.3) is 0 Å². The Morgan fingerprint density at radius 3 is 3.00 bits per heavy atom. The molecule has 0 radical (unpaired) electrons. The van der Waals surface area contributed by atoms with Gasteiger partial charge in [-0.1, -0.05) is 0 Å². The zero-order valence-corrected chi connectivity index (χ0v) is 11.1. The van der Waals surface area contributed by atoms with Crippen LogP contribution in [0.2, 0.25) is 0 Å². The Labute approximate surface area is 107 Å². The van der Waals surface area contributed by atoms with E-state index in [1.54, 1.807) is 12.3 Å². The molecule has 2 heterocycles. The first-order valence-electron chi connectivity index (χ1n) is 6.06. The van der Waals surface area contributed by atoms with Crippen LogP contribution in [0.15, 0.2) is 18.3 Å². The average molecular weight is 249 g/mol. The third-order valence-corrected chi connectivity index (χ3v) is 3.07. The van der Waals surface area contributed by atoms with Crippen LogP contribution in [-0.2, 0) is 4.74 Å². The molecule has 1 aliphatic heterocycles. The topological polar surface area (TPSA) is 54.5 Å². The van der Waals surface area contributed by atoms with E-state index < -0.39 is 5.97 Å². The Hall–Kier alpha value is -1.62. The molecule has 18 heavy (non-hydrogen) atoms. The van der Waals surface area contributed by atoms with Crippen molar-refractivity contribution in [1.82, 2.24) is 10.3 Å². The Morgan fingerprint density at radius 1 is 1.56 bits per heavy atom. The molecule has 2 rings (SSSR count). The summed E-state index contributed by atoms with van der Waals surface area (Å²) in [5.41, 5.74) is 1.44. The highest BCUT2D eigenvalue weighted by atomic mass is 16.5. The fourth-order valence-electron chi connectivity index (χ4n) is 2.19. The van der Waals surface area contributed by atoms with Gasteiger partial charge in [0.1, 0.15) is 5.69 Å². The summed E-state index contributed by atoms with van der Waals surface area (Å²) >= 11 is 0. The molecule has 0 bridgehead atoms. The number of carbonyl (C=O) groups excluding carboxylic acids is 1. The minimum atomic E-state index is -0.397. The third kappa shape index (κ3) is 2.79. The molecule has 1 aromatic rings. The van der Waals surface area contributed by atoms with E-state index in [9.17, 15) is 4.79 Å². The number of aromatic nitrogens is 1. The van der Waals surface area contributed by atoms with Gasteiger partial charge in [-0.25, -0.2) is 9.78 Å². The second kappa shape index (κ2) is 4.94. The maximum atomic E-state index is 11.5. The molecule has 1 aliphatic rings. The monoisotopic (exact) mass is 249 g/mol. The molecule has 1 saturated heterocycles. The zero-order chi connectivity index (χ0) is 13.2. The maximum Gasteiger partial charge on any atom is 0.356 e. The van der Waals surface area contributed by atoms with Crippen LogP contribution in [0, 0.1) is 0 Å². The lowest BCUT2D eigenvalue weighted by Gasteiger charge is -2.40. The predicted octanol–water partition coefficient (Wildman–Crippen LogP) is 1.06. The molecule has 0 spiro atoms. The van der Waals surface area contributed by atoms with E-state index >= 15 is 0 Å². The fraction of sp³-hybridized carbons (Fsp3) is 0.538. The molecule has 0 aliphatic carbocycles. The number of nitrogens with one attached hydrogen (secondary N) is 1. The fourth-order valence-corrected chi connectivity index (χ4v) is 2.19.